The first-order valence-electron chi connectivity index (χ1n) is 5.06. The van der Waals surface area contributed by atoms with Crippen LogP contribution >= 0.6 is 0 Å². The first-order valence-corrected chi connectivity index (χ1v) is 5.06. The van der Waals surface area contributed by atoms with Gasteiger partial charge in [0.25, 0.3) is 0 Å². The lowest BCUT2D eigenvalue weighted by Crippen LogP contribution is -2.02. The minimum Gasteiger partial charge on any atom is -0.289 e. The standard InChI is InChI=1S/C15H14O/c1-4-5-6-10-13(3)15(16)14-11-8-7-9-12(14)2/h1,5-11H,2-3H3/b6-5-,13-10+. The van der Waals surface area contributed by atoms with Gasteiger partial charge in [-0.15, -0.1) is 6.42 Å². The molecule has 0 bridgehead atoms. The molecule has 80 valence electrons. The van der Waals surface area contributed by atoms with E-state index >= 15 is 0 Å². The summed E-state index contributed by atoms with van der Waals surface area (Å²) in [6, 6.07) is 7.55. The van der Waals surface area contributed by atoms with Gasteiger partial charge < -0.3 is 0 Å². The van der Waals surface area contributed by atoms with Crippen LogP contribution in [-0.4, -0.2) is 5.78 Å². The van der Waals surface area contributed by atoms with Gasteiger partial charge in [-0.3, -0.25) is 4.79 Å². The number of benzene rings is 1. The number of ketones is 1. The highest BCUT2D eigenvalue weighted by atomic mass is 16.1. The van der Waals surface area contributed by atoms with E-state index in [0.29, 0.717) is 5.57 Å². The Kier molecular flexibility index (Phi) is 4.29. The summed E-state index contributed by atoms with van der Waals surface area (Å²) in [5.41, 5.74) is 2.41. The second-order valence-corrected chi connectivity index (χ2v) is 3.52. The molecular weight excluding hydrogens is 196 g/mol. The highest BCUT2D eigenvalue weighted by Gasteiger charge is 2.08. The molecule has 0 saturated carbocycles. The minimum atomic E-state index is 0.0415. The third kappa shape index (κ3) is 2.96. The predicted molar refractivity (Wildman–Crippen MR) is 67.2 cm³/mol. The molecule has 0 heterocycles. The third-order valence-electron chi connectivity index (χ3n) is 2.29. The number of rotatable bonds is 3. The van der Waals surface area contributed by atoms with Crippen LogP contribution in [0.3, 0.4) is 0 Å². The zero-order valence-corrected chi connectivity index (χ0v) is 9.53. The van der Waals surface area contributed by atoms with Crippen molar-refractivity contribution in [3.05, 3.63) is 59.2 Å². The lowest BCUT2D eigenvalue weighted by Gasteiger charge is -2.03. The average molecular weight is 210 g/mol. The second kappa shape index (κ2) is 5.72. The fourth-order valence-electron chi connectivity index (χ4n) is 1.36. The van der Waals surface area contributed by atoms with E-state index in [4.69, 9.17) is 6.42 Å². The third-order valence-corrected chi connectivity index (χ3v) is 2.29. The first-order chi connectivity index (χ1) is 7.66. The topological polar surface area (TPSA) is 17.1 Å². The molecule has 0 unspecified atom stereocenters. The normalized spacial score (nSPS) is 11.4. The summed E-state index contributed by atoms with van der Waals surface area (Å²) in [4.78, 5) is 12.0. The molecule has 1 heteroatoms. The number of allylic oxidation sites excluding steroid dienone is 4. The first kappa shape index (κ1) is 12.0. The van der Waals surface area contributed by atoms with Crippen molar-refractivity contribution >= 4 is 5.78 Å². The lowest BCUT2D eigenvalue weighted by molar-refractivity contribution is 0.103. The maximum atomic E-state index is 12.0. The van der Waals surface area contributed by atoms with Crippen molar-refractivity contribution in [2.24, 2.45) is 0 Å². The maximum Gasteiger partial charge on any atom is 0.188 e. The summed E-state index contributed by atoms with van der Waals surface area (Å²) in [7, 11) is 0. The molecule has 0 radical (unpaired) electrons. The molecule has 1 aromatic carbocycles. The molecule has 0 fully saturated rings. The molecule has 0 atom stereocenters. The molecule has 0 aromatic heterocycles. The predicted octanol–water partition coefficient (Wildman–Crippen LogP) is 3.31. The van der Waals surface area contributed by atoms with Gasteiger partial charge >= 0.3 is 0 Å². The van der Waals surface area contributed by atoms with Crippen LogP contribution in [0.1, 0.15) is 22.8 Å². The van der Waals surface area contributed by atoms with Crippen LogP contribution in [0.15, 0.2) is 48.1 Å². The number of carbonyl (C=O) groups excluding carboxylic acids is 1. The van der Waals surface area contributed by atoms with E-state index in [1.165, 1.54) is 0 Å². The number of aryl methyl sites for hydroxylation is 1. The zero-order chi connectivity index (χ0) is 12.0. The van der Waals surface area contributed by atoms with Crippen LogP contribution in [0.25, 0.3) is 0 Å². The Morgan fingerprint density at radius 2 is 2.06 bits per heavy atom. The van der Waals surface area contributed by atoms with Crippen molar-refractivity contribution in [3.63, 3.8) is 0 Å². The summed E-state index contributed by atoms with van der Waals surface area (Å²) in [6.07, 6.45) is 10.1. The molecule has 0 aliphatic carbocycles. The Morgan fingerprint density at radius 3 is 2.69 bits per heavy atom. The van der Waals surface area contributed by atoms with Crippen molar-refractivity contribution in [2.45, 2.75) is 13.8 Å². The SMILES string of the molecule is C#C/C=C\C=C(/C)C(=O)c1ccccc1C. The van der Waals surface area contributed by atoms with Crippen molar-refractivity contribution < 1.29 is 4.79 Å². The summed E-state index contributed by atoms with van der Waals surface area (Å²) < 4.78 is 0. The Bertz CT molecular complexity index is 484. The molecule has 1 nitrogen and oxygen atoms in total. The van der Waals surface area contributed by atoms with Crippen LogP contribution < -0.4 is 0 Å². The van der Waals surface area contributed by atoms with E-state index in [0.717, 1.165) is 11.1 Å². The molecule has 1 rings (SSSR count). The van der Waals surface area contributed by atoms with Gasteiger partial charge in [-0.25, -0.2) is 0 Å². The highest BCUT2D eigenvalue weighted by molar-refractivity contribution is 6.09. The molecule has 1 aromatic rings. The van der Waals surface area contributed by atoms with Gasteiger partial charge in [0, 0.05) is 5.56 Å². The zero-order valence-electron chi connectivity index (χ0n) is 9.53. The Balaban J connectivity index is 2.96. The lowest BCUT2D eigenvalue weighted by atomic mass is 10.00. The number of Topliss-reactive ketones (excluding diaryl/α,β-unsaturated/α-hetero) is 1. The molecule has 0 spiro atoms. The van der Waals surface area contributed by atoms with Crippen molar-refractivity contribution in [1.82, 2.24) is 0 Å². The largest absolute Gasteiger partial charge is 0.289 e. The summed E-state index contributed by atoms with van der Waals surface area (Å²) in [5, 5.41) is 0. The number of hydrogen-bond donors (Lipinski definition) is 0. The van der Waals surface area contributed by atoms with E-state index in [-0.39, 0.29) is 5.78 Å². The van der Waals surface area contributed by atoms with Gasteiger partial charge in [0.15, 0.2) is 5.78 Å². The van der Waals surface area contributed by atoms with E-state index in [9.17, 15) is 4.79 Å². The van der Waals surface area contributed by atoms with Crippen molar-refractivity contribution in [3.8, 4) is 12.3 Å². The highest BCUT2D eigenvalue weighted by Crippen LogP contribution is 2.12. The minimum absolute atomic E-state index is 0.0415. The van der Waals surface area contributed by atoms with E-state index in [2.05, 4.69) is 5.92 Å². The summed E-state index contributed by atoms with van der Waals surface area (Å²) in [5.74, 6) is 2.42. The van der Waals surface area contributed by atoms with Crippen LogP contribution in [0, 0.1) is 19.3 Å². The molecule has 0 aliphatic rings. The fraction of sp³-hybridized carbons (Fsp3) is 0.133. The summed E-state index contributed by atoms with van der Waals surface area (Å²) >= 11 is 0. The van der Waals surface area contributed by atoms with E-state index < -0.39 is 0 Å². The molecule has 0 saturated heterocycles. The van der Waals surface area contributed by atoms with Crippen LogP contribution in [0.4, 0.5) is 0 Å². The Hall–Kier alpha value is -2.07. The Morgan fingerprint density at radius 1 is 1.38 bits per heavy atom. The monoisotopic (exact) mass is 210 g/mol. The van der Waals surface area contributed by atoms with Crippen LogP contribution in [-0.2, 0) is 0 Å². The molecule has 0 N–H and O–H groups in total. The number of terminal acetylenes is 1. The molecule has 0 amide bonds. The van der Waals surface area contributed by atoms with E-state index in [1.54, 1.807) is 25.2 Å². The number of carbonyl (C=O) groups is 1. The molecule has 16 heavy (non-hydrogen) atoms. The summed E-state index contributed by atoms with van der Waals surface area (Å²) in [6.45, 7) is 3.72. The maximum absolute atomic E-state index is 12.0. The van der Waals surface area contributed by atoms with Crippen molar-refractivity contribution in [1.29, 1.82) is 0 Å². The van der Waals surface area contributed by atoms with Crippen molar-refractivity contribution in [2.75, 3.05) is 0 Å². The second-order valence-electron chi connectivity index (χ2n) is 3.52. The fourth-order valence-corrected chi connectivity index (χ4v) is 1.36. The smallest absolute Gasteiger partial charge is 0.188 e. The molecular formula is C15H14O. The average Bonchev–Trinajstić information content (AvgIpc) is 2.29. The molecule has 0 aliphatic heterocycles. The Labute approximate surface area is 96.5 Å². The van der Waals surface area contributed by atoms with Gasteiger partial charge in [-0.1, -0.05) is 42.3 Å². The van der Waals surface area contributed by atoms with Gasteiger partial charge in [-0.2, -0.15) is 0 Å². The van der Waals surface area contributed by atoms with Gasteiger partial charge in [0.1, 0.15) is 0 Å². The quantitative estimate of drug-likeness (QED) is 0.324. The van der Waals surface area contributed by atoms with Gasteiger partial charge in [-0.05, 0) is 31.1 Å². The van der Waals surface area contributed by atoms with Gasteiger partial charge in [0.05, 0.1) is 0 Å². The van der Waals surface area contributed by atoms with Gasteiger partial charge in [0.2, 0.25) is 0 Å². The number of hydrogen-bond acceptors (Lipinski definition) is 1. The van der Waals surface area contributed by atoms with E-state index in [1.807, 2.05) is 31.2 Å². The van der Waals surface area contributed by atoms with Crippen LogP contribution in [0.5, 0.6) is 0 Å². The van der Waals surface area contributed by atoms with Crippen LogP contribution in [0.2, 0.25) is 0 Å².